The molecule has 1 aromatic heterocycles. The third kappa shape index (κ3) is 3.92. The third-order valence-corrected chi connectivity index (χ3v) is 3.09. The smallest absolute Gasteiger partial charge is 0.217 e. The quantitative estimate of drug-likeness (QED) is 0.784. The van der Waals surface area contributed by atoms with E-state index in [1.54, 1.807) is 0 Å². The minimum atomic E-state index is 0.498. The van der Waals surface area contributed by atoms with Gasteiger partial charge in [0, 0.05) is 25.0 Å². The van der Waals surface area contributed by atoms with Gasteiger partial charge in [0.15, 0.2) is 0 Å². The van der Waals surface area contributed by atoms with Crippen LogP contribution in [0.2, 0.25) is 0 Å². The summed E-state index contributed by atoms with van der Waals surface area (Å²) in [5, 5.41) is 0. The summed E-state index contributed by atoms with van der Waals surface area (Å²) in [7, 11) is 0. The molecular formula is C12H17BrN2O2. The summed E-state index contributed by atoms with van der Waals surface area (Å²) in [4.78, 5) is 8.68. The first-order valence-corrected chi connectivity index (χ1v) is 6.81. The number of hydrogen-bond acceptors (Lipinski definition) is 4. The zero-order chi connectivity index (χ0) is 12.1. The summed E-state index contributed by atoms with van der Waals surface area (Å²) in [6, 6.07) is 1.81. The van der Waals surface area contributed by atoms with Crippen LogP contribution in [0.3, 0.4) is 0 Å². The Bertz CT molecular complexity index is 368. The van der Waals surface area contributed by atoms with Gasteiger partial charge in [0.25, 0.3) is 0 Å². The zero-order valence-electron chi connectivity index (χ0n) is 9.99. The molecule has 0 N–H and O–H groups in total. The second-order valence-corrected chi connectivity index (χ2v) is 5.05. The van der Waals surface area contributed by atoms with Crippen molar-refractivity contribution in [3.8, 4) is 5.88 Å². The minimum absolute atomic E-state index is 0.498. The van der Waals surface area contributed by atoms with E-state index in [0.717, 1.165) is 42.9 Å². The highest BCUT2D eigenvalue weighted by atomic mass is 79.9. The van der Waals surface area contributed by atoms with Gasteiger partial charge in [-0.2, -0.15) is 4.98 Å². The van der Waals surface area contributed by atoms with Gasteiger partial charge in [-0.15, -0.1) is 0 Å². The van der Waals surface area contributed by atoms with Gasteiger partial charge in [-0.25, -0.2) is 4.98 Å². The first kappa shape index (κ1) is 12.8. The zero-order valence-corrected chi connectivity index (χ0v) is 11.6. The van der Waals surface area contributed by atoms with Gasteiger partial charge in [-0.3, -0.25) is 0 Å². The molecule has 1 aromatic rings. The van der Waals surface area contributed by atoms with Crippen molar-refractivity contribution >= 4 is 15.9 Å². The summed E-state index contributed by atoms with van der Waals surface area (Å²) in [6.07, 6.45) is 2.99. The van der Waals surface area contributed by atoms with Crippen LogP contribution in [-0.4, -0.2) is 29.8 Å². The number of halogens is 1. The summed E-state index contributed by atoms with van der Waals surface area (Å²) in [5.41, 5.74) is 0. The lowest BCUT2D eigenvalue weighted by Gasteiger charge is -2.10. The number of rotatable bonds is 5. The van der Waals surface area contributed by atoms with Crippen LogP contribution in [0.5, 0.6) is 5.88 Å². The number of ether oxygens (including phenoxy) is 2. The van der Waals surface area contributed by atoms with Crippen LogP contribution in [0.25, 0.3) is 0 Å². The average molecular weight is 301 g/mol. The minimum Gasteiger partial charge on any atom is -0.477 e. The molecular weight excluding hydrogens is 284 g/mol. The maximum atomic E-state index is 5.70. The van der Waals surface area contributed by atoms with Crippen LogP contribution in [0.15, 0.2) is 10.7 Å². The lowest BCUT2D eigenvalue weighted by Crippen LogP contribution is -2.13. The summed E-state index contributed by atoms with van der Waals surface area (Å²) in [5.74, 6) is 1.99. The maximum Gasteiger partial charge on any atom is 0.217 e. The molecule has 2 heterocycles. The number of aryl methyl sites for hydroxylation is 1. The Hall–Kier alpha value is -0.680. The molecule has 0 radical (unpaired) electrons. The van der Waals surface area contributed by atoms with Crippen molar-refractivity contribution in [2.24, 2.45) is 5.92 Å². The molecule has 0 aliphatic carbocycles. The second kappa shape index (κ2) is 6.31. The van der Waals surface area contributed by atoms with E-state index in [1.807, 2.05) is 6.07 Å². The molecule has 5 heteroatoms. The molecule has 17 heavy (non-hydrogen) atoms. The monoisotopic (exact) mass is 300 g/mol. The molecule has 0 aromatic carbocycles. The Morgan fingerprint density at radius 3 is 3.12 bits per heavy atom. The fraction of sp³-hybridized carbons (Fsp3) is 0.667. The molecule has 1 aliphatic heterocycles. The molecule has 0 saturated carbocycles. The van der Waals surface area contributed by atoms with Crippen LogP contribution in [-0.2, 0) is 11.2 Å². The lowest BCUT2D eigenvalue weighted by molar-refractivity contribution is 0.165. The van der Waals surface area contributed by atoms with Gasteiger partial charge in [-0.05, 0) is 28.8 Å². The van der Waals surface area contributed by atoms with E-state index >= 15 is 0 Å². The van der Waals surface area contributed by atoms with Crippen molar-refractivity contribution in [3.63, 3.8) is 0 Å². The maximum absolute atomic E-state index is 5.70. The molecule has 1 aliphatic rings. The SMILES string of the molecule is CCCc1nc(Br)cc(OCC2CCOC2)n1. The molecule has 1 fully saturated rings. The van der Waals surface area contributed by atoms with E-state index in [2.05, 4.69) is 32.8 Å². The van der Waals surface area contributed by atoms with Crippen LogP contribution in [0, 0.1) is 5.92 Å². The van der Waals surface area contributed by atoms with Crippen molar-refractivity contribution in [1.29, 1.82) is 0 Å². The van der Waals surface area contributed by atoms with Gasteiger partial charge < -0.3 is 9.47 Å². The fourth-order valence-corrected chi connectivity index (χ4v) is 2.17. The van der Waals surface area contributed by atoms with Crippen molar-refractivity contribution in [2.45, 2.75) is 26.2 Å². The predicted octanol–water partition coefficient (Wildman–Crippen LogP) is 2.61. The third-order valence-electron chi connectivity index (χ3n) is 2.68. The highest BCUT2D eigenvalue weighted by molar-refractivity contribution is 9.10. The predicted molar refractivity (Wildman–Crippen MR) is 68.1 cm³/mol. The molecule has 1 atom stereocenters. The lowest BCUT2D eigenvalue weighted by atomic mass is 10.1. The Kier molecular flexibility index (Phi) is 4.74. The number of aromatic nitrogens is 2. The standard InChI is InChI=1S/C12H17BrN2O2/c1-2-3-11-14-10(13)6-12(15-11)17-8-9-4-5-16-7-9/h6,9H,2-5,7-8H2,1H3. The van der Waals surface area contributed by atoms with E-state index in [1.165, 1.54) is 0 Å². The summed E-state index contributed by atoms with van der Waals surface area (Å²) >= 11 is 3.38. The summed E-state index contributed by atoms with van der Waals surface area (Å²) in [6.45, 7) is 4.44. The van der Waals surface area contributed by atoms with Crippen molar-refractivity contribution < 1.29 is 9.47 Å². The molecule has 1 saturated heterocycles. The molecule has 0 amide bonds. The number of hydrogen-bond donors (Lipinski definition) is 0. The van der Waals surface area contributed by atoms with Crippen molar-refractivity contribution in [1.82, 2.24) is 9.97 Å². The van der Waals surface area contributed by atoms with Crippen molar-refractivity contribution in [3.05, 3.63) is 16.5 Å². The van der Waals surface area contributed by atoms with Gasteiger partial charge in [0.1, 0.15) is 10.4 Å². The topological polar surface area (TPSA) is 44.2 Å². The molecule has 1 unspecified atom stereocenters. The highest BCUT2D eigenvalue weighted by Gasteiger charge is 2.16. The summed E-state index contributed by atoms with van der Waals surface area (Å²) < 4.78 is 11.8. The average Bonchev–Trinajstić information content (AvgIpc) is 2.79. The molecule has 0 spiro atoms. The van der Waals surface area contributed by atoms with E-state index in [0.29, 0.717) is 18.4 Å². The molecule has 94 valence electrons. The number of nitrogens with zero attached hydrogens (tertiary/aromatic N) is 2. The van der Waals surface area contributed by atoms with Crippen LogP contribution in [0.1, 0.15) is 25.6 Å². The van der Waals surface area contributed by atoms with Gasteiger partial charge in [0.2, 0.25) is 5.88 Å². The highest BCUT2D eigenvalue weighted by Crippen LogP contribution is 2.18. The normalized spacial score (nSPS) is 19.5. The van der Waals surface area contributed by atoms with Crippen LogP contribution >= 0.6 is 15.9 Å². The van der Waals surface area contributed by atoms with E-state index < -0.39 is 0 Å². The Balaban J connectivity index is 1.94. The van der Waals surface area contributed by atoms with Crippen molar-refractivity contribution in [2.75, 3.05) is 19.8 Å². The van der Waals surface area contributed by atoms with E-state index in [9.17, 15) is 0 Å². The Labute approximate surface area is 110 Å². The van der Waals surface area contributed by atoms with Gasteiger partial charge in [0.05, 0.1) is 13.2 Å². The van der Waals surface area contributed by atoms with Gasteiger partial charge >= 0.3 is 0 Å². The van der Waals surface area contributed by atoms with E-state index in [-0.39, 0.29) is 0 Å². The Morgan fingerprint density at radius 1 is 1.53 bits per heavy atom. The second-order valence-electron chi connectivity index (χ2n) is 4.24. The van der Waals surface area contributed by atoms with Crippen LogP contribution in [0.4, 0.5) is 0 Å². The first-order chi connectivity index (χ1) is 8.28. The van der Waals surface area contributed by atoms with Crippen LogP contribution < -0.4 is 4.74 Å². The van der Waals surface area contributed by atoms with Gasteiger partial charge in [-0.1, -0.05) is 6.92 Å². The van der Waals surface area contributed by atoms with E-state index in [4.69, 9.17) is 9.47 Å². The largest absolute Gasteiger partial charge is 0.477 e. The Morgan fingerprint density at radius 2 is 2.41 bits per heavy atom. The molecule has 0 bridgehead atoms. The first-order valence-electron chi connectivity index (χ1n) is 6.02. The fourth-order valence-electron chi connectivity index (χ4n) is 1.77. The molecule has 4 nitrogen and oxygen atoms in total. The molecule has 2 rings (SSSR count).